The number of esters is 1. The van der Waals surface area contributed by atoms with E-state index < -0.39 is 21.8 Å². The number of benzene rings is 1. The zero-order valence-corrected chi connectivity index (χ0v) is 15.2. The predicted octanol–water partition coefficient (Wildman–Crippen LogP) is 2.21. The van der Waals surface area contributed by atoms with Gasteiger partial charge in [-0.2, -0.15) is 0 Å². The Morgan fingerprint density at radius 2 is 1.96 bits per heavy atom. The standard InChI is InChI=1S/C16H18FNO5S2/c1-25(20,21)18-9-8-12-6-7-15(24-12)16(19)23-11-10-22-14-5-3-2-4-13(14)17/h2-7,18H,8-11H2,1H3. The summed E-state index contributed by atoms with van der Waals surface area (Å²) in [6, 6.07) is 9.36. The molecule has 0 radical (unpaired) electrons. The van der Waals surface area contributed by atoms with Crippen molar-refractivity contribution in [1.82, 2.24) is 4.72 Å². The third kappa shape index (κ3) is 6.81. The van der Waals surface area contributed by atoms with E-state index in [0.717, 1.165) is 11.1 Å². The van der Waals surface area contributed by atoms with Crippen molar-refractivity contribution in [1.29, 1.82) is 0 Å². The highest BCUT2D eigenvalue weighted by Crippen LogP contribution is 2.18. The van der Waals surface area contributed by atoms with Crippen LogP contribution >= 0.6 is 11.3 Å². The number of halogens is 1. The number of thiophene rings is 1. The molecule has 6 nitrogen and oxygen atoms in total. The van der Waals surface area contributed by atoms with Crippen LogP contribution in [0.15, 0.2) is 36.4 Å². The van der Waals surface area contributed by atoms with Crippen molar-refractivity contribution < 1.29 is 27.1 Å². The zero-order valence-electron chi connectivity index (χ0n) is 13.5. The number of carbonyl (C=O) groups excluding carboxylic acids is 1. The maximum absolute atomic E-state index is 13.3. The van der Waals surface area contributed by atoms with Crippen LogP contribution in [0.25, 0.3) is 0 Å². The van der Waals surface area contributed by atoms with Gasteiger partial charge < -0.3 is 9.47 Å². The minimum atomic E-state index is -3.22. The first-order valence-corrected chi connectivity index (χ1v) is 10.1. The third-order valence-electron chi connectivity index (χ3n) is 3.01. The summed E-state index contributed by atoms with van der Waals surface area (Å²) in [7, 11) is -3.22. The molecular weight excluding hydrogens is 369 g/mol. The van der Waals surface area contributed by atoms with E-state index in [-0.39, 0.29) is 25.5 Å². The Kier molecular flexibility index (Phi) is 6.91. The smallest absolute Gasteiger partial charge is 0.348 e. The van der Waals surface area contributed by atoms with E-state index in [4.69, 9.17) is 9.47 Å². The summed E-state index contributed by atoms with van der Waals surface area (Å²) >= 11 is 1.24. The van der Waals surface area contributed by atoms with E-state index in [9.17, 15) is 17.6 Å². The molecular formula is C16H18FNO5S2. The van der Waals surface area contributed by atoms with E-state index >= 15 is 0 Å². The Hall–Kier alpha value is -1.97. The molecule has 1 aromatic carbocycles. The van der Waals surface area contributed by atoms with Crippen molar-refractivity contribution in [2.24, 2.45) is 0 Å². The molecule has 0 aliphatic carbocycles. The lowest BCUT2D eigenvalue weighted by atomic mass is 10.3. The number of rotatable bonds is 9. The van der Waals surface area contributed by atoms with Gasteiger partial charge in [0.2, 0.25) is 10.0 Å². The van der Waals surface area contributed by atoms with Gasteiger partial charge in [0.15, 0.2) is 11.6 Å². The van der Waals surface area contributed by atoms with Crippen LogP contribution in [0, 0.1) is 5.82 Å². The van der Waals surface area contributed by atoms with Crippen molar-refractivity contribution in [2.45, 2.75) is 6.42 Å². The van der Waals surface area contributed by atoms with Crippen LogP contribution in [-0.2, 0) is 21.2 Å². The second kappa shape index (κ2) is 8.93. The number of sulfonamides is 1. The van der Waals surface area contributed by atoms with Crippen LogP contribution in [0.1, 0.15) is 14.5 Å². The fourth-order valence-electron chi connectivity index (χ4n) is 1.90. The number of nitrogens with one attached hydrogen (secondary N) is 1. The van der Waals surface area contributed by atoms with Crippen LogP contribution in [0.3, 0.4) is 0 Å². The molecule has 0 unspecified atom stereocenters. The first-order valence-electron chi connectivity index (χ1n) is 7.43. The summed E-state index contributed by atoms with van der Waals surface area (Å²) in [5.41, 5.74) is 0. The fourth-order valence-corrected chi connectivity index (χ4v) is 3.27. The van der Waals surface area contributed by atoms with Crippen LogP contribution < -0.4 is 9.46 Å². The fraction of sp³-hybridized carbons (Fsp3) is 0.312. The van der Waals surface area contributed by atoms with Crippen LogP contribution in [-0.4, -0.2) is 40.4 Å². The molecule has 136 valence electrons. The Morgan fingerprint density at radius 1 is 1.20 bits per heavy atom. The molecule has 0 spiro atoms. The van der Waals surface area contributed by atoms with E-state index in [2.05, 4.69) is 4.72 Å². The maximum Gasteiger partial charge on any atom is 0.348 e. The summed E-state index contributed by atoms with van der Waals surface area (Å²) in [6.45, 7) is 0.309. The normalized spacial score (nSPS) is 11.3. The Morgan fingerprint density at radius 3 is 2.68 bits per heavy atom. The highest BCUT2D eigenvalue weighted by atomic mass is 32.2. The minimum Gasteiger partial charge on any atom is -0.487 e. The van der Waals surface area contributed by atoms with E-state index in [0.29, 0.717) is 11.3 Å². The Balaban J connectivity index is 1.73. The molecule has 0 fully saturated rings. The topological polar surface area (TPSA) is 81.7 Å². The molecule has 0 bridgehead atoms. The number of hydrogen-bond acceptors (Lipinski definition) is 6. The van der Waals surface area contributed by atoms with Gasteiger partial charge in [0.25, 0.3) is 0 Å². The molecule has 0 saturated carbocycles. The quantitative estimate of drug-likeness (QED) is 0.527. The first kappa shape index (κ1) is 19.4. The van der Waals surface area contributed by atoms with Gasteiger partial charge in [0.1, 0.15) is 18.1 Å². The lowest BCUT2D eigenvalue weighted by Gasteiger charge is -2.07. The molecule has 0 amide bonds. The Labute approximate surface area is 149 Å². The van der Waals surface area contributed by atoms with Crippen molar-refractivity contribution >= 4 is 27.3 Å². The van der Waals surface area contributed by atoms with Gasteiger partial charge >= 0.3 is 5.97 Å². The van der Waals surface area contributed by atoms with Crippen LogP contribution in [0.5, 0.6) is 5.75 Å². The molecule has 25 heavy (non-hydrogen) atoms. The lowest BCUT2D eigenvalue weighted by molar-refractivity contribution is 0.0454. The molecule has 2 aromatic rings. The summed E-state index contributed by atoms with van der Waals surface area (Å²) < 4.78 is 48.0. The Bertz CT molecular complexity index is 819. The van der Waals surface area contributed by atoms with Gasteiger partial charge in [-0.05, 0) is 30.7 Å². The third-order valence-corrected chi connectivity index (χ3v) is 4.86. The van der Waals surface area contributed by atoms with Gasteiger partial charge in [-0.15, -0.1) is 11.3 Å². The number of para-hydroxylation sites is 1. The highest BCUT2D eigenvalue weighted by molar-refractivity contribution is 7.88. The molecule has 9 heteroatoms. The molecule has 0 saturated heterocycles. The molecule has 1 N–H and O–H groups in total. The lowest BCUT2D eigenvalue weighted by Crippen LogP contribution is -2.24. The van der Waals surface area contributed by atoms with Gasteiger partial charge in [0.05, 0.1) is 6.26 Å². The second-order valence-electron chi connectivity index (χ2n) is 5.10. The molecule has 0 atom stereocenters. The van der Waals surface area contributed by atoms with E-state index in [1.807, 2.05) is 0 Å². The van der Waals surface area contributed by atoms with Crippen molar-refractivity contribution in [3.63, 3.8) is 0 Å². The molecule has 1 heterocycles. The highest BCUT2D eigenvalue weighted by Gasteiger charge is 2.11. The molecule has 0 aliphatic rings. The van der Waals surface area contributed by atoms with Crippen molar-refractivity contribution in [3.8, 4) is 5.75 Å². The second-order valence-corrected chi connectivity index (χ2v) is 8.10. The minimum absolute atomic E-state index is 0.00393. The van der Waals surface area contributed by atoms with Crippen LogP contribution in [0.2, 0.25) is 0 Å². The van der Waals surface area contributed by atoms with E-state index in [1.165, 1.54) is 23.5 Å². The summed E-state index contributed by atoms with van der Waals surface area (Å²) in [4.78, 5) is 13.2. The van der Waals surface area contributed by atoms with Gasteiger partial charge in [0, 0.05) is 11.4 Å². The maximum atomic E-state index is 13.3. The molecule has 2 rings (SSSR count). The number of carbonyl (C=O) groups is 1. The molecule has 1 aromatic heterocycles. The number of hydrogen-bond donors (Lipinski definition) is 1. The average molecular weight is 387 g/mol. The molecule has 0 aliphatic heterocycles. The van der Waals surface area contributed by atoms with Gasteiger partial charge in [-0.25, -0.2) is 22.3 Å². The van der Waals surface area contributed by atoms with Gasteiger partial charge in [-0.1, -0.05) is 12.1 Å². The summed E-state index contributed by atoms with van der Waals surface area (Å²) in [5, 5.41) is 0. The number of ether oxygens (including phenoxy) is 2. The summed E-state index contributed by atoms with van der Waals surface area (Å²) in [5.74, 6) is -0.862. The predicted molar refractivity (Wildman–Crippen MR) is 93.0 cm³/mol. The largest absolute Gasteiger partial charge is 0.487 e. The van der Waals surface area contributed by atoms with Crippen LogP contribution in [0.4, 0.5) is 4.39 Å². The van der Waals surface area contributed by atoms with E-state index in [1.54, 1.807) is 24.3 Å². The zero-order chi connectivity index (χ0) is 18.3. The van der Waals surface area contributed by atoms with Crippen molar-refractivity contribution in [3.05, 3.63) is 52.0 Å². The monoisotopic (exact) mass is 387 g/mol. The summed E-state index contributed by atoms with van der Waals surface area (Å²) in [6.07, 6.45) is 1.58. The SMILES string of the molecule is CS(=O)(=O)NCCc1ccc(C(=O)OCCOc2ccccc2F)s1. The average Bonchev–Trinajstić information content (AvgIpc) is 3.00. The van der Waals surface area contributed by atoms with Gasteiger partial charge in [-0.3, -0.25) is 0 Å². The first-order chi connectivity index (χ1) is 11.8. The van der Waals surface area contributed by atoms with Crippen molar-refractivity contribution in [2.75, 3.05) is 26.0 Å².